The minimum atomic E-state index is -4.19. The highest BCUT2D eigenvalue weighted by molar-refractivity contribution is 7.13. The SMILES string of the molecule is O=C(CCc1nc(-c2cccs2)no1)N[C@@H]1CCC[C@@H](C(F)(F)F)C1. The van der Waals surface area contributed by atoms with Gasteiger partial charge in [0.1, 0.15) is 0 Å². The van der Waals surface area contributed by atoms with E-state index in [1.807, 2.05) is 17.5 Å². The van der Waals surface area contributed by atoms with Gasteiger partial charge in [0.15, 0.2) is 0 Å². The van der Waals surface area contributed by atoms with Crippen LogP contribution in [-0.2, 0) is 11.2 Å². The van der Waals surface area contributed by atoms with Crippen LogP contribution in [0, 0.1) is 5.92 Å². The van der Waals surface area contributed by atoms with Crippen LogP contribution < -0.4 is 5.32 Å². The predicted molar refractivity (Wildman–Crippen MR) is 85.9 cm³/mol. The molecule has 2 heterocycles. The van der Waals surface area contributed by atoms with Gasteiger partial charge in [0.25, 0.3) is 0 Å². The Morgan fingerprint density at radius 2 is 2.24 bits per heavy atom. The van der Waals surface area contributed by atoms with Crippen LogP contribution in [0.5, 0.6) is 0 Å². The lowest BCUT2D eigenvalue weighted by Crippen LogP contribution is -2.41. The molecule has 5 nitrogen and oxygen atoms in total. The summed E-state index contributed by atoms with van der Waals surface area (Å²) in [7, 11) is 0. The highest BCUT2D eigenvalue weighted by atomic mass is 32.1. The maximum Gasteiger partial charge on any atom is 0.391 e. The molecule has 9 heteroatoms. The fourth-order valence-electron chi connectivity index (χ4n) is 3.00. The highest BCUT2D eigenvalue weighted by Gasteiger charge is 2.42. The quantitative estimate of drug-likeness (QED) is 0.861. The van der Waals surface area contributed by atoms with Gasteiger partial charge in [-0.3, -0.25) is 4.79 Å². The number of aryl methyl sites for hydroxylation is 1. The largest absolute Gasteiger partial charge is 0.391 e. The van der Waals surface area contributed by atoms with Gasteiger partial charge in [0.2, 0.25) is 17.6 Å². The summed E-state index contributed by atoms with van der Waals surface area (Å²) in [6, 6.07) is 3.32. The lowest BCUT2D eigenvalue weighted by molar-refractivity contribution is -0.184. The van der Waals surface area contributed by atoms with E-state index in [1.165, 1.54) is 11.3 Å². The van der Waals surface area contributed by atoms with E-state index in [9.17, 15) is 18.0 Å². The van der Waals surface area contributed by atoms with Gasteiger partial charge < -0.3 is 9.84 Å². The van der Waals surface area contributed by atoms with Crippen molar-refractivity contribution in [2.75, 3.05) is 0 Å². The standard InChI is InChI=1S/C16H18F3N3O2S/c17-16(18,19)10-3-1-4-11(9-10)20-13(23)6-7-14-21-15(22-24-14)12-5-2-8-25-12/h2,5,8,10-11H,1,3-4,6-7,9H2,(H,20,23)/t10-,11-/m1/s1. The van der Waals surface area contributed by atoms with Crippen LogP contribution in [0.3, 0.4) is 0 Å². The first-order chi connectivity index (χ1) is 11.9. The number of nitrogens with zero attached hydrogens (tertiary/aromatic N) is 2. The maximum absolute atomic E-state index is 12.8. The first-order valence-corrected chi connectivity index (χ1v) is 9.02. The zero-order valence-electron chi connectivity index (χ0n) is 13.4. The molecule has 1 amide bonds. The number of thiophene rings is 1. The average molecular weight is 373 g/mol. The second-order valence-corrected chi connectivity index (χ2v) is 7.11. The van der Waals surface area contributed by atoms with Gasteiger partial charge in [-0.2, -0.15) is 18.2 Å². The molecule has 0 aromatic carbocycles. The zero-order valence-corrected chi connectivity index (χ0v) is 14.2. The third-order valence-corrected chi connectivity index (χ3v) is 5.14. The van der Waals surface area contributed by atoms with Crippen molar-refractivity contribution in [2.45, 2.75) is 50.7 Å². The summed E-state index contributed by atoms with van der Waals surface area (Å²) >= 11 is 1.48. The van der Waals surface area contributed by atoms with Gasteiger partial charge in [0, 0.05) is 18.9 Å². The summed E-state index contributed by atoms with van der Waals surface area (Å²) < 4.78 is 43.5. The molecule has 0 unspecified atom stereocenters. The number of alkyl halides is 3. The van der Waals surface area contributed by atoms with E-state index < -0.39 is 18.1 Å². The Kier molecular flexibility index (Phi) is 5.41. The van der Waals surface area contributed by atoms with E-state index in [0.29, 0.717) is 24.6 Å². The van der Waals surface area contributed by atoms with E-state index in [-0.39, 0.29) is 31.6 Å². The van der Waals surface area contributed by atoms with Crippen LogP contribution >= 0.6 is 11.3 Å². The van der Waals surface area contributed by atoms with Crippen molar-refractivity contribution in [3.8, 4) is 10.7 Å². The van der Waals surface area contributed by atoms with E-state index in [1.54, 1.807) is 0 Å². The molecule has 0 saturated heterocycles. The van der Waals surface area contributed by atoms with Crippen molar-refractivity contribution in [1.82, 2.24) is 15.5 Å². The third kappa shape index (κ3) is 4.81. The summed E-state index contributed by atoms with van der Waals surface area (Å²) in [5, 5.41) is 8.46. The second kappa shape index (κ2) is 7.55. The molecule has 1 aliphatic rings. The lowest BCUT2D eigenvalue weighted by Gasteiger charge is -2.31. The molecule has 2 atom stereocenters. The Labute approximate surface area is 146 Å². The van der Waals surface area contributed by atoms with Crippen molar-refractivity contribution in [1.29, 1.82) is 0 Å². The van der Waals surface area contributed by atoms with Gasteiger partial charge in [-0.25, -0.2) is 0 Å². The first-order valence-electron chi connectivity index (χ1n) is 8.14. The van der Waals surface area contributed by atoms with Crippen LogP contribution in [-0.4, -0.2) is 28.3 Å². The number of halogens is 3. The number of carbonyl (C=O) groups is 1. The molecule has 1 fully saturated rings. The number of hydrogen-bond acceptors (Lipinski definition) is 5. The number of aromatic nitrogens is 2. The van der Waals surface area contributed by atoms with E-state index in [2.05, 4.69) is 15.5 Å². The molecule has 1 N–H and O–H groups in total. The molecule has 1 aliphatic carbocycles. The molecule has 25 heavy (non-hydrogen) atoms. The predicted octanol–water partition coefficient (Wildman–Crippen LogP) is 3.97. The van der Waals surface area contributed by atoms with E-state index in [4.69, 9.17) is 4.52 Å². The number of carbonyl (C=O) groups excluding carboxylic acids is 1. The number of nitrogens with one attached hydrogen (secondary N) is 1. The minimum Gasteiger partial charge on any atom is -0.353 e. The fraction of sp³-hybridized carbons (Fsp3) is 0.562. The Balaban J connectivity index is 1.47. The Morgan fingerprint density at radius 1 is 1.40 bits per heavy atom. The molecule has 1 saturated carbocycles. The van der Waals surface area contributed by atoms with Crippen LogP contribution in [0.15, 0.2) is 22.0 Å². The molecule has 0 radical (unpaired) electrons. The second-order valence-electron chi connectivity index (χ2n) is 6.16. The molecule has 0 bridgehead atoms. The molecule has 3 rings (SSSR count). The number of rotatable bonds is 5. The third-order valence-electron chi connectivity index (χ3n) is 4.28. The van der Waals surface area contributed by atoms with Crippen molar-refractivity contribution in [3.63, 3.8) is 0 Å². The summed E-state index contributed by atoms with van der Waals surface area (Å²) in [5.41, 5.74) is 0. The van der Waals surface area contributed by atoms with Gasteiger partial charge in [-0.15, -0.1) is 11.3 Å². The smallest absolute Gasteiger partial charge is 0.353 e. The van der Waals surface area contributed by atoms with Gasteiger partial charge in [0.05, 0.1) is 10.8 Å². The topological polar surface area (TPSA) is 68.0 Å². The summed E-state index contributed by atoms with van der Waals surface area (Å²) in [5.74, 6) is -0.791. The molecule has 2 aromatic rings. The average Bonchev–Trinajstić information content (AvgIpc) is 3.24. The summed E-state index contributed by atoms with van der Waals surface area (Å²) in [6.07, 6.45) is -2.66. The monoisotopic (exact) mass is 373 g/mol. The molecular formula is C16H18F3N3O2S. The van der Waals surface area contributed by atoms with E-state index >= 15 is 0 Å². The van der Waals surface area contributed by atoms with Crippen molar-refractivity contribution in [2.24, 2.45) is 5.92 Å². The van der Waals surface area contributed by atoms with Gasteiger partial charge >= 0.3 is 6.18 Å². The number of amides is 1. The Morgan fingerprint density at radius 3 is 2.96 bits per heavy atom. The molecule has 0 spiro atoms. The van der Waals surface area contributed by atoms with Gasteiger partial charge in [-0.1, -0.05) is 17.6 Å². The molecule has 136 valence electrons. The van der Waals surface area contributed by atoms with E-state index in [0.717, 1.165) is 4.88 Å². The van der Waals surface area contributed by atoms with Crippen molar-refractivity contribution in [3.05, 3.63) is 23.4 Å². The Bertz CT molecular complexity index is 700. The Hall–Kier alpha value is -1.90. The highest BCUT2D eigenvalue weighted by Crippen LogP contribution is 2.37. The lowest BCUT2D eigenvalue weighted by atomic mass is 9.85. The van der Waals surface area contributed by atoms with Crippen molar-refractivity contribution >= 4 is 17.2 Å². The van der Waals surface area contributed by atoms with Crippen LogP contribution in [0.1, 0.15) is 38.0 Å². The molecule has 0 aliphatic heterocycles. The normalized spacial score (nSPS) is 21.2. The number of hydrogen-bond donors (Lipinski definition) is 1. The minimum absolute atomic E-state index is 0.0433. The zero-order chi connectivity index (χ0) is 17.9. The molecular weight excluding hydrogens is 355 g/mol. The maximum atomic E-state index is 12.8. The van der Waals surface area contributed by atoms with Crippen LogP contribution in [0.4, 0.5) is 13.2 Å². The first kappa shape index (κ1) is 17.9. The van der Waals surface area contributed by atoms with Crippen molar-refractivity contribution < 1.29 is 22.5 Å². The molecule has 2 aromatic heterocycles. The summed E-state index contributed by atoms with van der Waals surface area (Å²) in [4.78, 5) is 17.1. The fourth-order valence-corrected chi connectivity index (χ4v) is 3.65. The van der Waals surface area contributed by atoms with Crippen LogP contribution in [0.2, 0.25) is 0 Å². The summed E-state index contributed by atoms with van der Waals surface area (Å²) in [6.45, 7) is 0. The van der Waals surface area contributed by atoms with Crippen LogP contribution in [0.25, 0.3) is 10.7 Å². The van der Waals surface area contributed by atoms with Gasteiger partial charge in [-0.05, 0) is 30.7 Å².